The maximum Gasteiger partial charge on any atom is 0.410 e. The van der Waals surface area contributed by atoms with Gasteiger partial charge in [-0.1, -0.05) is 0 Å². The van der Waals surface area contributed by atoms with Gasteiger partial charge in [-0.25, -0.2) is 9.78 Å². The van der Waals surface area contributed by atoms with Crippen molar-refractivity contribution in [3.63, 3.8) is 0 Å². The molecule has 9 nitrogen and oxygen atoms in total. The molecule has 0 atom stereocenters. The molecule has 1 aliphatic carbocycles. The van der Waals surface area contributed by atoms with Crippen molar-refractivity contribution in [2.75, 3.05) is 24.5 Å². The summed E-state index contributed by atoms with van der Waals surface area (Å²) in [5.41, 5.74) is 13.2. The van der Waals surface area contributed by atoms with Crippen molar-refractivity contribution in [1.82, 2.24) is 14.9 Å². The Balaban J connectivity index is 0.000000220. The van der Waals surface area contributed by atoms with Crippen LogP contribution in [0.5, 0.6) is 0 Å². The second kappa shape index (κ2) is 10.3. The number of rotatable bonds is 3. The van der Waals surface area contributed by atoms with Crippen LogP contribution in [-0.4, -0.2) is 46.2 Å². The van der Waals surface area contributed by atoms with Crippen LogP contribution >= 0.6 is 0 Å². The van der Waals surface area contributed by atoms with Gasteiger partial charge in [-0.05, 0) is 58.2 Å². The number of nitrogens with two attached hydrogens (primary N) is 2. The third-order valence-corrected chi connectivity index (χ3v) is 5.69. The van der Waals surface area contributed by atoms with Gasteiger partial charge in [-0.2, -0.15) is 0 Å². The third-order valence-electron chi connectivity index (χ3n) is 5.69. The number of likely N-dealkylation sites (tertiary alicyclic amines) is 1. The fourth-order valence-electron chi connectivity index (χ4n) is 3.52. The number of nitrogens with one attached hydrogen (secondary N) is 1. The number of H-pyrrole nitrogens is 1. The number of nitrogens with zero attached hydrogens (tertiary/aromatic N) is 3. The summed E-state index contributed by atoms with van der Waals surface area (Å²) in [6, 6.07) is 0. The van der Waals surface area contributed by atoms with Crippen LogP contribution in [0.25, 0.3) is 0 Å². The van der Waals surface area contributed by atoms with Crippen molar-refractivity contribution in [1.29, 1.82) is 0 Å². The highest BCUT2D eigenvalue weighted by molar-refractivity contribution is 5.68. The lowest BCUT2D eigenvalue weighted by atomic mass is 10.1. The lowest BCUT2D eigenvalue weighted by Crippen LogP contribution is -2.37. The second-order valence-electron chi connectivity index (χ2n) is 8.22. The first-order valence-electron chi connectivity index (χ1n) is 10.5. The van der Waals surface area contributed by atoms with Gasteiger partial charge in [-0.15, -0.1) is 0 Å². The smallest absolute Gasteiger partial charge is 0.410 e. The average Bonchev–Trinajstić information content (AvgIpc) is 3.36. The van der Waals surface area contributed by atoms with E-state index in [-0.39, 0.29) is 22.0 Å². The number of hydrogen-bond donors (Lipinski definition) is 3. The molecule has 4 rings (SSSR count). The third kappa shape index (κ3) is 5.99. The van der Waals surface area contributed by atoms with Gasteiger partial charge in [0.05, 0.1) is 17.6 Å². The molecule has 1 aromatic rings. The van der Waals surface area contributed by atoms with Crippen LogP contribution in [-0.2, 0) is 4.74 Å². The number of amides is 1. The summed E-state index contributed by atoms with van der Waals surface area (Å²) in [6.07, 6.45) is 10.8. The highest BCUT2D eigenvalue weighted by atomic mass is 19.0. The van der Waals surface area contributed by atoms with Crippen LogP contribution in [0.1, 0.15) is 51.0 Å². The maximum absolute atomic E-state index is 11.6. The molecular weight excluding hydrogens is 403 g/mol. The molecule has 1 amide bonds. The minimum absolute atomic E-state index is 0. The molecule has 2 fully saturated rings. The Labute approximate surface area is 181 Å². The Morgan fingerprint density at radius 2 is 1.94 bits per heavy atom. The largest absolute Gasteiger partial charge is 0.443 e. The number of aromatic amines is 1. The number of carbonyl (C=O) groups excluding carboxylic acids is 1. The predicted octanol–water partition coefficient (Wildman–Crippen LogP) is 2.25. The zero-order valence-corrected chi connectivity index (χ0v) is 18.2. The van der Waals surface area contributed by atoms with Gasteiger partial charge in [0.1, 0.15) is 11.4 Å². The van der Waals surface area contributed by atoms with Crippen LogP contribution in [0.4, 0.5) is 15.3 Å². The van der Waals surface area contributed by atoms with E-state index in [9.17, 15) is 9.59 Å². The number of hydrogen-bond acceptors (Lipinski definition) is 7. The highest BCUT2D eigenvalue weighted by Crippen LogP contribution is 2.39. The van der Waals surface area contributed by atoms with E-state index >= 15 is 0 Å². The van der Waals surface area contributed by atoms with Crippen molar-refractivity contribution in [2.45, 2.75) is 58.0 Å². The molecule has 3 aliphatic rings. The van der Waals surface area contributed by atoms with Crippen LogP contribution in [0, 0.1) is 6.92 Å². The van der Waals surface area contributed by atoms with E-state index < -0.39 is 0 Å². The molecule has 1 aromatic heterocycles. The van der Waals surface area contributed by atoms with E-state index in [0.717, 1.165) is 56.6 Å². The molecule has 1 saturated carbocycles. The molecule has 31 heavy (non-hydrogen) atoms. The highest BCUT2D eigenvalue weighted by Gasteiger charge is 2.42. The zero-order valence-electron chi connectivity index (χ0n) is 18.2. The molecule has 10 heteroatoms. The lowest BCUT2D eigenvalue weighted by molar-refractivity contribution is 0.0537. The molecule has 3 heterocycles. The molecule has 0 radical (unpaired) electrons. The van der Waals surface area contributed by atoms with Crippen LogP contribution < -0.4 is 21.9 Å². The minimum atomic E-state index is -0.142. The monoisotopic (exact) mass is 436 g/mol. The standard InChI is InChI=1S/C11H15N5O.C10H17NO2.FH/c1-7-10(14-6-15-11(7)17)16-5-3-8(13)9(16)2-4-12;1-10(5-6-10)13-9(12)11-7-3-2-4-8-11;/h2,4,6H,3,5,12-13H2,1H3,(H,14,15,17);2-8H2,1H3;1H/b4-2-;;. The first-order valence-corrected chi connectivity index (χ1v) is 10.5. The van der Waals surface area contributed by atoms with Gasteiger partial charge in [0.25, 0.3) is 5.56 Å². The number of halogens is 1. The predicted molar refractivity (Wildman–Crippen MR) is 118 cm³/mol. The summed E-state index contributed by atoms with van der Waals surface area (Å²) in [4.78, 5) is 33.6. The van der Waals surface area contributed by atoms with Crippen LogP contribution in [0.2, 0.25) is 0 Å². The number of aromatic nitrogens is 2. The Morgan fingerprint density at radius 1 is 1.26 bits per heavy atom. The summed E-state index contributed by atoms with van der Waals surface area (Å²) in [5, 5.41) is 0. The first-order chi connectivity index (χ1) is 14.3. The maximum atomic E-state index is 11.6. The molecule has 0 unspecified atom stereocenters. The lowest BCUT2D eigenvalue weighted by Gasteiger charge is -2.27. The van der Waals surface area contributed by atoms with Gasteiger partial charge in [0.15, 0.2) is 0 Å². The summed E-state index contributed by atoms with van der Waals surface area (Å²) >= 11 is 0. The fourth-order valence-corrected chi connectivity index (χ4v) is 3.52. The number of allylic oxidation sites excluding steroid dienone is 1. The Morgan fingerprint density at radius 3 is 2.55 bits per heavy atom. The van der Waals surface area contributed by atoms with Crippen LogP contribution in [0.15, 0.2) is 34.8 Å². The molecule has 0 aromatic carbocycles. The fraction of sp³-hybridized carbons (Fsp3) is 0.571. The molecule has 1 saturated heterocycles. The van der Waals surface area contributed by atoms with Gasteiger partial charge >= 0.3 is 6.09 Å². The van der Waals surface area contributed by atoms with Crippen molar-refractivity contribution in [3.8, 4) is 0 Å². The topological polar surface area (TPSA) is 131 Å². The normalized spacial score (nSPS) is 19.5. The summed E-state index contributed by atoms with van der Waals surface area (Å²) in [7, 11) is 0. The SMILES string of the molecule is CC1(OC(=O)N2CCCCC2)CC1.Cc1c(N2CCC(N)=C2/C=C\N)nc[nH]c1=O.F. The van der Waals surface area contributed by atoms with Gasteiger partial charge in [-0.3, -0.25) is 9.50 Å². The molecule has 172 valence electrons. The van der Waals surface area contributed by atoms with E-state index in [1.807, 2.05) is 16.7 Å². The van der Waals surface area contributed by atoms with E-state index in [1.165, 1.54) is 18.9 Å². The quantitative estimate of drug-likeness (QED) is 0.662. The van der Waals surface area contributed by atoms with E-state index in [0.29, 0.717) is 17.9 Å². The molecule has 2 aliphatic heterocycles. The second-order valence-corrected chi connectivity index (χ2v) is 8.22. The van der Waals surface area contributed by atoms with Gasteiger partial charge < -0.3 is 31.0 Å². The van der Waals surface area contributed by atoms with Gasteiger partial charge in [0.2, 0.25) is 0 Å². The molecule has 0 bridgehead atoms. The average molecular weight is 437 g/mol. The Hall–Kier alpha value is -3.04. The Kier molecular flexibility index (Phi) is 8.07. The van der Waals surface area contributed by atoms with Gasteiger partial charge in [0, 0.05) is 31.8 Å². The van der Waals surface area contributed by atoms with Crippen LogP contribution in [0.3, 0.4) is 0 Å². The van der Waals surface area contributed by atoms with Crippen molar-refractivity contribution < 1.29 is 14.2 Å². The molecule has 0 spiro atoms. The van der Waals surface area contributed by atoms with Crippen molar-refractivity contribution in [2.24, 2.45) is 11.5 Å². The van der Waals surface area contributed by atoms with E-state index in [1.54, 1.807) is 13.0 Å². The number of ether oxygens (including phenoxy) is 1. The summed E-state index contributed by atoms with van der Waals surface area (Å²) < 4.78 is 5.38. The number of piperidine rings is 1. The summed E-state index contributed by atoms with van der Waals surface area (Å²) in [6.45, 7) is 6.22. The van der Waals surface area contributed by atoms with Crippen molar-refractivity contribution in [3.05, 3.63) is 45.9 Å². The number of anilines is 1. The zero-order chi connectivity index (χ0) is 21.7. The van der Waals surface area contributed by atoms with Crippen molar-refractivity contribution >= 4 is 11.9 Å². The Bertz CT molecular complexity index is 887. The molecule has 5 N–H and O–H groups in total. The van der Waals surface area contributed by atoms with E-state index in [2.05, 4.69) is 9.97 Å². The van der Waals surface area contributed by atoms with E-state index in [4.69, 9.17) is 16.2 Å². The molecular formula is C21H33FN6O3. The minimum Gasteiger partial charge on any atom is -0.443 e. The first kappa shape index (κ1) is 24.2. The number of carbonyl (C=O) groups is 1. The summed E-state index contributed by atoms with van der Waals surface area (Å²) in [5.74, 6) is 0.627.